The summed E-state index contributed by atoms with van der Waals surface area (Å²) in [6, 6.07) is 6.92. The molecule has 0 bridgehead atoms. The van der Waals surface area contributed by atoms with Crippen LogP contribution in [0, 0.1) is 5.92 Å². The largest absolute Gasteiger partial charge is 0.478 e. The molecule has 0 fully saturated rings. The number of aromatic carboxylic acids is 1. The molecule has 1 aromatic heterocycles. The SMILES string of the molecule is CC(C)Cc1nnc(SCc2ccccc2C(=O)O)n1N. The van der Waals surface area contributed by atoms with E-state index in [1.807, 2.05) is 6.07 Å². The Morgan fingerprint density at radius 1 is 1.38 bits per heavy atom. The minimum atomic E-state index is -0.930. The first kappa shape index (κ1) is 15.4. The highest BCUT2D eigenvalue weighted by Gasteiger charge is 2.14. The molecule has 0 aliphatic rings. The van der Waals surface area contributed by atoms with E-state index in [0.29, 0.717) is 22.4 Å². The maximum Gasteiger partial charge on any atom is 0.335 e. The zero-order valence-corrected chi connectivity index (χ0v) is 12.8. The molecular formula is C14H18N4O2S. The molecule has 0 aliphatic heterocycles. The van der Waals surface area contributed by atoms with Crippen LogP contribution in [0.4, 0.5) is 0 Å². The van der Waals surface area contributed by atoms with Gasteiger partial charge in [-0.25, -0.2) is 9.47 Å². The van der Waals surface area contributed by atoms with Crippen molar-refractivity contribution in [3.63, 3.8) is 0 Å². The van der Waals surface area contributed by atoms with Crippen molar-refractivity contribution in [1.82, 2.24) is 14.9 Å². The average molecular weight is 306 g/mol. The monoisotopic (exact) mass is 306 g/mol. The van der Waals surface area contributed by atoms with Gasteiger partial charge in [0.05, 0.1) is 5.56 Å². The van der Waals surface area contributed by atoms with E-state index in [0.717, 1.165) is 17.8 Å². The Bertz CT molecular complexity index is 640. The normalized spacial score (nSPS) is 11.0. The molecule has 1 aromatic carbocycles. The number of nitrogen functional groups attached to an aromatic ring is 1. The first-order chi connectivity index (χ1) is 9.99. The number of hydrogen-bond acceptors (Lipinski definition) is 5. The van der Waals surface area contributed by atoms with Gasteiger partial charge >= 0.3 is 5.97 Å². The maximum atomic E-state index is 11.2. The topological polar surface area (TPSA) is 94.0 Å². The second-order valence-corrected chi connectivity index (χ2v) is 6.06. The fourth-order valence-corrected chi connectivity index (χ4v) is 2.79. The molecule has 112 valence electrons. The average Bonchev–Trinajstić information content (AvgIpc) is 2.77. The van der Waals surface area contributed by atoms with E-state index in [2.05, 4.69) is 24.0 Å². The summed E-state index contributed by atoms with van der Waals surface area (Å²) in [6.45, 7) is 4.18. The van der Waals surface area contributed by atoms with Crippen molar-refractivity contribution in [2.24, 2.45) is 5.92 Å². The molecule has 0 radical (unpaired) electrons. The van der Waals surface area contributed by atoms with Crippen LogP contribution in [0.3, 0.4) is 0 Å². The van der Waals surface area contributed by atoms with Crippen LogP contribution >= 0.6 is 11.8 Å². The van der Waals surface area contributed by atoms with Gasteiger partial charge in [0.2, 0.25) is 5.16 Å². The maximum absolute atomic E-state index is 11.2. The van der Waals surface area contributed by atoms with E-state index >= 15 is 0 Å². The van der Waals surface area contributed by atoms with Gasteiger partial charge in [-0.3, -0.25) is 0 Å². The van der Waals surface area contributed by atoms with Crippen molar-refractivity contribution in [1.29, 1.82) is 0 Å². The molecule has 0 atom stereocenters. The van der Waals surface area contributed by atoms with Crippen LogP contribution in [0.2, 0.25) is 0 Å². The molecule has 0 saturated heterocycles. The molecule has 3 N–H and O–H groups in total. The lowest BCUT2D eigenvalue weighted by molar-refractivity contribution is 0.0696. The third kappa shape index (κ3) is 3.75. The summed E-state index contributed by atoms with van der Waals surface area (Å²) in [4.78, 5) is 11.2. The fraction of sp³-hybridized carbons (Fsp3) is 0.357. The van der Waals surface area contributed by atoms with Crippen molar-refractivity contribution in [2.45, 2.75) is 31.2 Å². The number of nitrogens with two attached hydrogens (primary N) is 1. The third-order valence-corrected chi connectivity index (χ3v) is 3.92. The van der Waals surface area contributed by atoms with Crippen LogP contribution in [0.25, 0.3) is 0 Å². The van der Waals surface area contributed by atoms with Crippen molar-refractivity contribution >= 4 is 17.7 Å². The summed E-state index contributed by atoms with van der Waals surface area (Å²) in [5, 5.41) is 17.9. The standard InChI is InChI=1S/C14H18N4O2S/c1-9(2)7-12-16-17-14(18(12)15)21-8-10-5-3-4-6-11(10)13(19)20/h3-6,9H,7-8,15H2,1-2H3,(H,19,20). The van der Waals surface area contributed by atoms with Crippen LogP contribution in [0.1, 0.15) is 35.6 Å². The summed E-state index contributed by atoms with van der Waals surface area (Å²) in [7, 11) is 0. The molecule has 21 heavy (non-hydrogen) atoms. The molecule has 0 aliphatic carbocycles. The van der Waals surface area contributed by atoms with Gasteiger partial charge in [0.25, 0.3) is 0 Å². The fourth-order valence-electron chi connectivity index (χ4n) is 1.91. The summed E-state index contributed by atoms with van der Waals surface area (Å²) in [6.07, 6.45) is 0.760. The Hall–Kier alpha value is -2.02. The first-order valence-electron chi connectivity index (χ1n) is 6.62. The predicted octanol–water partition coefficient (Wildman–Crippen LogP) is 2.18. The van der Waals surface area contributed by atoms with Crippen molar-refractivity contribution in [3.8, 4) is 0 Å². The van der Waals surface area contributed by atoms with E-state index in [4.69, 9.17) is 10.9 Å². The molecule has 2 rings (SSSR count). The summed E-state index contributed by atoms with van der Waals surface area (Å²) in [5.41, 5.74) is 1.04. The number of benzene rings is 1. The first-order valence-corrected chi connectivity index (χ1v) is 7.61. The van der Waals surface area contributed by atoms with Gasteiger partial charge < -0.3 is 10.9 Å². The lowest BCUT2D eigenvalue weighted by Gasteiger charge is -2.07. The number of thioether (sulfide) groups is 1. The minimum Gasteiger partial charge on any atom is -0.478 e. The number of aromatic nitrogens is 3. The number of carboxylic acid groups (broad SMARTS) is 1. The Morgan fingerprint density at radius 2 is 2.10 bits per heavy atom. The van der Waals surface area contributed by atoms with E-state index in [9.17, 15) is 4.79 Å². The third-order valence-electron chi connectivity index (χ3n) is 2.93. The van der Waals surface area contributed by atoms with Gasteiger partial charge in [-0.2, -0.15) is 0 Å². The van der Waals surface area contributed by atoms with Gasteiger partial charge in [0, 0.05) is 12.2 Å². The van der Waals surface area contributed by atoms with Gasteiger partial charge in [-0.1, -0.05) is 43.8 Å². The lowest BCUT2D eigenvalue weighted by atomic mass is 10.1. The Balaban J connectivity index is 2.10. The molecule has 2 aromatic rings. The summed E-state index contributed by atoms with van der Waals surface area (Å²) in [5.74, 6) is 6.71. The van der Waals surface area contributed by atoms with E-state index in [1.165, 1.54) is 16.4 Å². The van der Waals surface area contributed by atoms with Gasteiger partial charge in [0.15, 0.2) is 5.82 Å². The molecule has 0 saturated carbocycles. The highest BCUT2D eigenvalue weighted by Crippen LogP contribution is 2.23. The quantitative estimate of drug-likeness (QED) is 0.627. The Labute approximate surface area is 127 Å². The highest BCUT2D eigenvalue weighted by molar-refractivity contribution is 7.98. The van der Waals surface area contributed by atoms with Crippen LogP contribution in [0.5, 0.6) is 0 Å². The number of rotatable bonds is 6. The van der Waals surface area contributed by atoms with Gasteiger partial charge in [-0.05, 0) is 17.5 Å². The predicted molar refractivity (Wildman–Crippen MR) is 81.7 cm³/mol. The molecule has 7 heteroatoms. The number of carbonyl (C=O) groups is 1. The minimum absolute atomic E-state index is 0.301. The number of nitrogens with zero attached hydrogens (tertiary/aromatic N) is 3. The Morgan fingerprint density at radius 3 is 2.76 bits per heavy atom. The molecule has 1 heterocycles. The molecule has 0 amide bonds. The second-order valence-electron chi connectivity index (χ2n) is 5.12. The highest BCUT2D eigenvalue weighted by atomic mass is 32.2. The summed E-state index contributed by atoms with van der Waals surface area (Å²) >= 11 is 1.38. The zero-order chi connectivity index (χ0) is 15.4. The lowest BCUT2D eigenvalue weighted by Crippen LogP contribution is -2.15. The van der Waals surface area contributed by atoms with E-state index in [-0.39, 0.29) is 0 Å². The van der Waals surface area contributed by atoms with Gasteiger partial charge in [-0.15, -0.1) is 10.2 Å². The second kappa shape index (κ2) is 6.62. The Kier molecular flexibility index (Phi) is 4.85. The smallest absolute Gasteiger partial charge is 0.335 e. The number of carboxylic acids is 1. The number of hydrogen-bond donors (Lipinski definition) is 2. The summed E-state index contributed by atoms with van der Waals surface area (Å²) < 4.78 is 1.48. The van der Waals surface area contributed by atoms with Crippen LogP contribution in [0.15, 0.2) is 29.4 Å². The van der Waals surface area contributed by atoms with Crippen molar-refractivity contribution < 1.29 is 9.90 Å². The molecule has 0 unspecified atom stereocenters. The van der Waals surface area contributed by atoms with Gasteiger partial charge in [0.1, 0.15) is 0 Å². The zero-order valence-electron chi connectivity index (χ0n) is 12.0. The molecule has 6 nitrogen and oxygen atoms in total. The van der Waals surface area contributed by atoms with E-state index in [1.54, 1.807) is 18.2 Å². The van der Waals surface area contributed by atoms with Crippen molar-refractivity contribution in [2.75, 3.05) is 5.84 Å². The van der Waals surface area contributed by atoms with E-state index < -0.39 is 5.97 Å². The van der Waals surface area contributed by atoms with Crippen LogP contribution < -0.4 is 5.84 Å². The molecule has 0 spiro atoms. The van der Waals surface area contributed by atoms with Crippen LogP contribution in [-0.4, -0.2) is 25.9 Å². The van der Waals surface area contributed by atoms with Crippen LogP contribution in [-0.2, 0) is 12.2 Å². The van der Waals surface area contributed by atoms with Crippen molar-refractivity contribution in [3.05, 3.63) is 41.2 Å². The molecular weight excluding hydrogens is 288 g/mol.